The summed E-state index contributed by atoms with van der Waals surface area (Å²) in [5.74, 6) is -0.442. The van der Waals surface area contributed by atoms with Gasteiger partial charge >= 0.3 is 0 Å². The van der Waals surface area contributed by atoms with Crippen LogP contribution in [0.3, 0.4) is 0 Å². The third kappa shape index (κ3) is 3.36. The van der Waals surface area contributed by atoms with E-state index in [1.165, 1.54) is 12.1 Å². The number of benzene rings is 2. The van der Waals surface area contributed by atoms with E-state index in [1.54, 1.807) is 19.1 Å². The first-order chi connectivity index (χ1) is 11.3. The zero-order valence-corrected chi connectivity index (χ0v) is 14.2. The van der Waals surface area contributed by atoms with Gasteiger partial charge < -0.3 is 5.11 Å². The van der Waals surface area contributed by atoms with Gasteiger partial charge in [-0.1, -0.05) is 30.3 Å². The highest BCUT2D eigenvalue weighted by molar-refractivity contribution is 7.89. The quantitative estimate of drug-likeness (QED) is 0.843. The van der Waals surface area contributed by atoms with Crippen LogP contribution in [0.2, 0.25) is 0 Å². The molecule has 0 spiro atoms. The summed E-state index contributed by atoms with van der Waals surface area (Å²) in [5, 5.41) is 11.1. The van der Waals surface area contributed by atoms with Crippen molar-refractivity contribution >= 4 is 10.0 Å². The number of nitrogens with one attached hydrogen (secondary N) is 1. The summed E-state index contributed by atoms with van der Waals surface area (Å²) < 4.78 is 40.8. The molecule has 24 heavy (non-hydrogen) atoms. The fourth-order valence-corrected chi connectivity index (χ4v) is 4.26. The number of aryl methyl sites for hydroxylation is 1. The number of hydrogen-bond acceptors (Lipinski definition) is 3. The second kappa shape index (κ2) is 6.27. The van der Waals surface area contributed by atoms with Gasteiger partial charge in [-0.05, 0) is 55.0 Å². The lowest BCUT2D eigenvalue weighted by Crippen LogP contribution is -2.42. The van der Waals surface area contributed by atoms with Gasteiger partial charge in [0.2, 0.25) is 10.0 Å². The normalized spacial score (nSPS) is 17.5. The summed E-state index contributed by atoms with van der Waals surface area (Å²) in [7, 11) is -3.83. The fraction of sp³-hybridized carbons (Fsp3) is 0.333. The standard InChI is InChI=1S/C18H20FNO3S/c1-13-11-16(19)9-10-17(13)24(22,23)20-12-18(21,15-7-8-15)14-5-3-2-4-6-14/h2-6,9-11,15,20-21H,7-8,12H2,1H3/t18-/m1/s1. The van der Waals surface area contributed by atoms with Crippen molar-refractivity contribution in [3.05, 3.63) is 65.5 Å². The van der Waals surface area contributed by atoms with Crippen molar-refractivity contribution in [3.63, 3.8) is 0 Å². The second-order valence-electron chi connectivity index (χ2n) is 6.30. The Kier molecular flexibility index (Phi) is 4.46. The van der Waals surface area contributed by atoms with Crippen LogP contribution in [0.4, 0.5) is 4.39 Å². The van der Waals surface area contributed by atoms with E-state index in [1.807, 2.05) is 18.2 Å². The lowest BCUT2D eigenvalue weighted by atomic mass is 9.89. The third-order valence-corrected chi connectivity index (χ3v) is 6.05. The van der Waals surface area contributed by atoms with Crippen LogP contribution in [0.1, 0.15) is 24.0 Å². The lowest BCUT2D eigenvalue weighted by molar-refractivity contribution is 0.0185. The Bertz CT molecular complexity index is 835. The van der Waals surface area contributed by atoms with Crippen molar-refractivity contribution in [2.75, 3.05) is 6.54 Å². The van der Waals surface area contributed by atoms with Crippen LogP contribution in [0, 0.1) is 18.7 Å². The highest BCUT2D eigenvalue weighted by Gasteiger charge is 2.45. The molecule has 2 N–H and O–H groups in total. The topological polar surface area (TPSA) is 66.4 Å². The second-order valence-corrected chi connectivity index (χ2v) is 8.03. The van der Waals surface area contributed by atoms with Gasteiger partial charge in [-0.15, -0.1) is 0 Å². The molecule has 6 heteroatoms. The third-order valence-electron chi connectivity index (χ3n) is 4.48. The molecule has 0 heterocycles. The zero-order valence-electron chi connectivity index (χ0n) is 13.4. The molecule has 1 saturated carbocycles. The molecule has 4 nitrogen and oxygen atoms in total. The highest BCUT2D eigenvalue weighted by atomic mass is 32.2. The number of sulfonamides is 1. The first kappa shape index (κ1) is 17.1. The molecular weight excluding hydrogens is 329 g/mol. The minimum atomic E-state index is -3.83. The van der Waals surface area contributed by atoms with Crippen LogP contribution in [-0.4, -0.2) is 20.1 Å². The Morgan fingerprint density at radius 1 is 1.21 bits per heavy atom. The van der Waals surface area contributed by atoms with Crippen LogP contribution in [0.25, 0.3) is 0 Å². The molecule has 1 atom stereocenters. The number of halogens is 1. The molecule has 0 aromatic heterocycles. The molecule has 2 aromatic rings. The van der Waals surface area contributed by atoms with E-state index in [9.17, 15) is 17.9 Å². The molecule has 1 fully saturated rings. The van der Waals surface area contributed by atoms with E-state index in [2.05, 4.69) is 4.72 Å². The van der Waals surface area contributed by atoms with Crippen LogP contribution in [-0.2, 0) is 15.6 Å². The number of rotatable bonds is 6. The Hall–Kier alpha value is -1.76. The van der Waals surface area contributed by atoms with Crippen LogP contribution in [0.15, 0.2) is 53.4 Å². The first-order valence-corrected chi connectivity index (χ1v) is 9.35. The minimum Gasteiger partial charge on any atom is -0.383 e. The van der Waals surface area contributed by atoms with E-state index >= 15 is 0 Å². The fourth-order valence-electron chi connectivity index (χ4n) is 2.97. The van der Waals surface area contributed by atoms with Crippen LogP contribution < -0.4 is 4.72 Å². The van der Waals surface area contributed by atoms with E-state index < -0.39 is 21.4 Å². The smallest absolute Gasteiger partial charge is 0.240 e. The summed E-state index contributed by atoms with van der Waals surface area (Å²) in [6.45, 7) is 1.43. The van der Waals surface area contributed by atoms with Gasteiger partial charge in [-0.25, -0.2) is 17.5 Å². The first-order valence-electron chi connectivity index (χ1n) is 7.87. The zero-order chi connectivity index (χ0) is 17.4. The van der Waals surface area contributed by atoms with Gasteiger partial charge in [-0.2, -0.15) is 0 Å². The predicted molar refractivity (Wildman–Crippen MR) is 89.4 cm³/mol. The molecule has 1 aliphatic rings. The Morgan fingerprint density at radius 3 is 2.46 bits per heavy atom. The van der Waals surface area contributed by atoms with Gasteiger partial charge in [0, 0.05) is 6.54 Å². The maximum Gasteiger partial charge on any atom is 0.240 e. The SMILES string of the molecule is Cc1cc(F)ccc1S(=O)(=O)NC[C@@](O)(c1ccccc1)C1CC1. The average Bonchev–Trinajstić information content (AvgIpc) is 3.38. The van der Waals surface area contributed by atoms with Crippen LogP contribution >= 0.6 is 0 Å². The average molecular weight is 349 g/mol. The monoisotopic (exact) mass is 349 g/mol. The molecule has 0 amide bonds. The minimum absolute atomic E-state index is 0.0232. The molecule has 2 aromatic carbocycles. The van der Waals surface area contributed by atoms with Gasteiger partial charge in [0.05, 0.1) is 4.90 Å². The Morgan fingerprint density at radius 2 is 1.88 bits per heavy atom. The molecule has 0 radical (unpaired) electrons. The van der Waals surface area contributed by atoms with E-state index in [0.29, 0.717) is 11.1 Å². The molecule has 128 valence electrons. The van der Waals surface area contributed by atoms with Crippen molar-refractivity contribution in [3.8, 4) is 0 Å². The lowest BCUT2D eigenvalue weighted by Gasteiger charge is -2.29. The van der Waals surface area contributed by atoms with E-state index in [4.69, 9.17) is 0 Å². The largest absolute Gasteiger partial charge is 0.383 e. The molecule has 0 saturated heterocycles. The van der Waals surface area contributed by atoms with Crippen molar-refractivity contribution in [1.29, 1.82) is 0 Å². The summed E-state index contributed by atoms with van der Waals surface area (Å²) in [4.78, 5) is 0.0232. The number of hydrogen-bond donors (Lipinski definition) is 2. The molecule has 0 bridgehead atoms. The van der Waals surface area contributed by atoms with Crippen molar-refractivity contribution in [2.24, 2.45) is 5.92 Å². The Labute approximate surface area is 141 Å². The van der Waals surface area contributed by atoms with Crippen molar-refractivity contribution in [1.82, 2.24) is 4.72 Å². The highest BCUT2D eigenvalue weighted by Crippen LogP contribution is 2.45. The van der Waals surface area contributed by atoms with Crippen LogP contribution in [0.5, 0.6) is 0 Å². The molecule has 3 rings (SSSR count). The summed E-state index contributed by atoms with van der Waals surface area (Å²) in [6, 6.07) is 12.6. The molecular formula is C18H20FNO3S. The summed E-state index contributed by atoms with van der Waals surface area (Å²) in [5.41, 5.74) is -0.203. The number of aliphatic hydroxyl groups is 1. The molecule has 1 aliphatic carbocycles. The summed E-state index contributed by atoms with van der Waals surface area (Å²) >= 11 is 0. The maximum atomic E-state index is 13.2. The van der Waals surface area contributed by atoms with Crippen molar-refractivity contribution in [2.45, 2.75) is 30.3 Å². The van der Waals surface area contributed by atoms with Gasteiger partial charge in [-0.3, -0.25) is 0 Å². The molecule has 0 unspecified atom stereocenters. The van der Waals surface area contributed by atoms with Gasteiger partial charge in [0.25, 0.3) is 0 Å². The Balaban J connectivity index is 1.85. The van der Waals surface area contributed by atoms with Gasteiger partial charge in [0.1, 0.15) is 11.4 Å². The van der Waals surface area contributed by atoms with E-state index in [-0.39, 0.29) is 17.4 Å². The van der Waals surface area contributed by atoms with E-state index in [0.717, 1.165) is 18.9 Å². The molecule has 0 aliphatic heterocycles. The summed E-state index contributed by atoms with van der Waals surface area (Å²) in [6.07, 6.45) is 1.73. The maximum absolute atomic E-state index is 13.2. The van der Waals surface area contributed by atoms with Gasteiger partial charge in [0.15, 0.2) is 0 Å². The predicted octanol–water partition coefficient (Wildman–Crippen LogP) is 2.71. The van der Waals surface area contributed by atoms with Crippen molar-refractivity contribution < 1.29 is 17.9 Å².